The molecule has 0 radical (unpaired) electrons. The average molecular weight is 441 g/mol. The predicted octanol–water partition coefficient (Wildman–Crippen LogP) is 10.9. The van der Waals surface area contributed by atoms with Gasteiger partial charge in [-0.1, -0.05) is 147 Å². The summed E-state index contributed by atoms with van der Waals surface area (Å²) in [6.45, 7) is 2.30. The summed E-state index contributed by atoms with van der Waals surface area (Å²) in [5.74, 6) is 0. The normalized spacial score (nSPS) is 13.4. The van der Waals surface area contributed by atoms with Gasteiger partial charge in [-0.25, -0.2) is 0 Å². The molecule has 0 amide bonds. The number of aryl methyl sites for hydroxylation is 3. The van der Waals surface area contributed by atoms with Gasteiger partial charge in [-0.15, -0.1) is 0 Å². The highest BCUT2D eigenvalue weighted by Crippen LogP contribution is 2.23. The standard InChI is InChI=1S/C32H56/c1-2-3-4-5-6-7-8-9-10-11-12-13-14-15-16-17-18-19-20-21-24-30-27-28-31-25-22-23-26-32(31)29-30/h27-29H,2-26H2,1H3. The second kappa shape index (κ2) is 19.7. The first-order valence-corrected chi connectivity index (χ1v) is 15.0. The zero-order valence-electron chi connectivity index (χ0n) is 21.9. The first-order valence-electron chi connectivity index (χ1n) is 15.0. The van der Waals surface area contributed by atoms with Crippen LogP contribution in [0.4, 0.5) is 0 Å². The smallest absolute Gasteiger partial charge is 0.0276 e. The van der Waals surface area contributed by atoms with Crippen LogP contribution in [0.1, 0.15) is 165 Å². The van der Waals surface area contributed by atoms with Crippen LogP contribution in [-0.4, -0.2) is 0 Å². The molecule has 1 aromatic carbocycles. The summed E-state index contributed by atoms with van der Waals surface area (Å²) in [4.78, 5) is 0. The van der Waals surface area contributed by atoms with Crippen molar-refractivity contribution in [3.63, 3.8) is 0 Å². The molecule has 0 nitrogen and oxygen atoms in total. The number of hydrogen-bond acceptors (Lipinski definition) is 0. The van der Waals surface area contributed by atoms with Crippen molar-refractivity contribution in [2.75, 3.05) is 0 Å². The van der Waals surface area contributed by atoms with E-state index >= 15 is 0 Å². The van der Waals surface area contributed by atoms with Gasteiger partial charge in [0.15, 0.2) is 0 Å². The zero-order valence-corrected chi connectivity index (χ0v) is 21.9. The lowest BCUT2D eigenvalue weighted by Crippen LogP contribution is -2.03. The van der Waals surface area contributed by atoms with Crippen molar-refractivity contribution < 1.29 is 0 Å². The van der Waals surface area contributed by atoms with Crippen molar-refractivity contribution in [2.45, 2.75) is 167 Å². The van der Waals surface area contributed by atoms with Gasteiger partial charge in [0.25, 0.3) is 0 Å². The monoisotopic (exact) mass is 440 g/mol. The molecule has 0 saturated heterocycles. The van der Waals surface area contributed by atoms with E-state index in [0.29, 0.717) is 0 Å². The second-order valence-corrected chi connectivity index (χ2v) is 10.8. The molecule has 0 saturated carbocycles. The summed E-state index contributed by atoms with van der Waals surface area (Å²) in [7, 11) is 0. The van der Waals surface area contributed by atoms with Crippen LogP contribution in [-0.2, 0) is 19.3 Å². The van der Waals surface area contributed by atoms with E-state index in [-0.39, 0.29) is 0 Å². The molecule has 0 unspecified atom stereocenters. The van der Waals surface area contributed by atoms with E-state index in [4.69, 9.17) is 0 Å². The van der Waals surface area contributed by atoms with E-state index in [9.17, 15) is 0 Å². The Morgan fingerprint density at radius 3 is 1.34 bits per heavy atom. The SMILES string of the molecule is CCCCCCCCCCCCCCCCCCCCCCc1ccc2c(c1)CCCC2. The zero-order chi connectivity index (χ0) is 22.5. The van der Waals surface area contributed by atoms with Crippen molar-refractivity contribution in [1.82, 2.24) is 0 Å². The Morgan fingerprint density at radius 2 is 0.875 bits per heavy atom. The Labute approximate surface area is 202 Å². The second-order valence-electron chi connectivity index (χ2n) is 10.8. The summed E-state index contributed by atoms with van der Waals surface area (Å²) in [5, 5.41) is 0. The highest BCUT2D eigenvalue weighted by molar-refractivity contribution is 5.33. The first kappa shape index (κ1) is 27.5. The number of rotatable bonds is 21. The predicted molar refractivity (Wildman–Crippen MR) is 145 cm³/mol. The third kappa shape index (κ3) is 13.7. The van der Waals surface area contributed by atoms with Crippen LogP contribution in [0.2, 0.25) is 0 Å². The van der Waals surface area contributed by atoms with Crippen molar-refractivity contribution >= 4 is 0 Å². The van der Waals surface area contributed by atoms with Gasteiger partial charge in [-0.05, 0) is 55.2 Å². The number of unbranched alkanes of at least 4 members (excludes halogenated alkanes) is 19. The third-order valence-electron chi connectivity index (χ3n) is 7.73. The average Bonchev–Trinajstić information content (AvgIpc) is 2.82. The molecule has 0 fully saturated rings. The molecule has 0 aliphatic heterocycles. The maximum atomic E-state index is 2.52. The van der Waals surface area contributed by atoms with Gasteiger partial charge in [0, 0.05) is 0 Å². The fraction of sp³-hybridized carbons (Fsp3) is 0.812. The molecule has 0 heteroatoms. The molecule has 0 aromatic heterocycles. The molecule has 2 rings (SSSR count). The van der Waals surface area contributed by atoms with Crippen LogP contribution in [0.3, 0.4) is 0 Å². The minimum absolute atomic E-state index is 1.30. The largest absolute Gasteiger partial charge is 0.0654 e. The van der Waals surface area contributed by atoms with E-state index < -0.39 is 0 Å². The maximum Gasteiger partial charge on any atom is -0.0276 e. The summed E-state index contributed by atoms with van der Waals surface area (Å²) >= 11 is 0. The summed E-state index contributed by atoms with van der Waals surface area (Å²) in [6.07, 6.45) is 36.0. The van der Waals surface area contributed by atoms with E-state index in [2.05, 4.69) is 25.1 Å². The lowest BCUT2D eigenvalue weighted by Gasteiger charge is -2.16. The quantitative estimate of drug-likeness (QED) is 0.167. The molecule has 1 aliphatic rings. The Kier molecular flexibility index (Phi) is 16.9. The van der Waals surface area contributed by atoms with Gasteiger partial charge in [0.05, 0.1) is 0 Å². The Hall–Kier alpha value is -0.780. The highest BCUT2D eigenvalue weighted by atomic mass is 14.1. The fourth-order valence-corrected chi connectivity index (χ4v) is 5.53. The van der Waals surface area contributed by atoms with E-state index in [1.807, 2.05) is 0 Å². The van der Waals surface area contributed by atoms with Crippen molar-refractivity contribution in [3.05, 3.63) is 34.9 Å². The molecule has 1 aliphatic carbocycles. The van der Waals surface area contributed by atoms with Gasteiger partial charge in [0.1, 0.15) is 0 Å². The van der Waals surface area contributed by atoms with Crippen molar-refractivity contribution in [1.29, 1.82) is 0 Å². The van der Waals surface area contributed by atoms with E-state index in [1.54, 1.807) is 16.7 Å². The number of benzene rings is 1. The van der Waals surface area contributed by atoms with Gasteiger partial charge in [-0.3, -0.25) is 0 Å². The van der Waals surface area contributed by atoms with E-state index in [1.165, 1.54) is 161 Å². The molecular formula is C32H56. The Balaban J connectivity index is 1.26. The third-order valence-corrected chi connectivity index (χ3v) is 7.73. The summed E-state index contributed by atoms with van der Waals surface area (Å²) < 4.78 is 0. The summed E-state index contributed by atoms with van der Waals surface area (Å²) in [5.41, 5.74) is 4.87. The highest BCUT2D eigenvalue weighted by Gasteiger charge is 2.09. The molecule has 0 bridgehead atoms. The molecule has 184 valence electrons. The maximum absolute atomic E-state index is 2.52. The van der Waals surface area contributed by atoms with Gasteiger partial charge < -0.3 is 0 Å². The summed E-state index contributed by atoms with van der Waals surface area (Å²) in [6, 6.07) is 7.34. The van der Waals surface area contributed by atoms with Gasteiger partial charge >= 0.3 is 0 Å². The molecular weight excluding hydrogens is 384 g/mol. The van der Waals surface area contributed by atoms with Crippen LogP contribution in [0.5, 0.6) is 0 Å². The Morgan fingerprint density at radius 1 is 0.469 bits per heavy atom. The molecule has 1 aromatic rings. The van der Waals surface area contributed by atoms with Crippen LogP contribution in [0.15, 0.2) is 18.2 Å². The lowest BCUT2D eigenvalue weighted by atomic mass is 9.89. The van der Waals surface area contributed by atoms with Crippen LogP contribution in [0, 0.1) is 0 Å². The van der Waals surface area contributed by atoms with Crippen molar-refractivity contribution in [2.24, 2.45) is 0 Å². The van der Waals surface area contributed by atoms with Crippen molar-refractivity contribution in [3.8, 4) is 0 Å². The van der Waals surface area contributed by atoms with Crippen LogP contribution >= 0.6 is 0 Å². The molecule has 0 atom stereocenters. The minimum Gasteiger partial charge on any atom is -0.0654 e. The molecule has 0 N–H and O–H groups in total. The molecule has 32 heavy (non-hydrogen) atoms. The topological polar surface area (TPSA) is 0 Å². The fourth-order valence-electron chi connectivity index (χ4n) is 5.53. The molecule has 0 spiro atoms. The van der Waals surface area contributed by atoms with Gasteiger partial charge in [-0.2, -0.15) is 0 Å². The van der Waals surface area contributed by atoms with Gasteiger partial charge in [0.2, 0.25) is 0 Å². The lowest BCUT2D eigenvalue weighted by molar-refractivity contribution is 0.521. The van der Waals surface area contributed by atoms with E-state index in [0.717, 1.165) is 0 Å². The minimum atomic E-state index is 1.30. The number of hydrogen-bond donors (Lipinski definition) is 0. The number of fused-ring (bicyclic) bond motifs is 1. The Bertz CT molecular complexity index is 543. The van der Waals surface area contributed by atoms with Crippen LogP contribution in [0.25, 0.3) is 0 Å². The molecule has 0 heterocycles. The van der Waals surface area contributed by atoms with Crippen LogP contribution < -0.4 is 0 Å². The first-order chi connectivity index (χ1) is 15.9.